The molecule has 0 aliphatic carbocycles. The second kappa shape index (κ2) is 5.50. The fourth-order valence-corrected chi connectivity index (χ4v) is 2.70. The van der Waals surface area contributed by atoms with Gasteiger partial charge in [0, 0.05) is 22.0 Å². The van der Waals surface area contributed by atoms with E-state index >= 15 is 0 Å². The first-order chi connectivity index (χ1) is 7.66. The summed E-state index contributed by atoms with van der Waals surface area (Å²) in [6.07, 6.45) is 1.44. The van der Waals surface area contributed by atoms with Crippen molar-refractivity contribution in [2.24, 2.45) is 5.92 Å². The van der Waals surface area contributed by atoms with Gasteiger partial charge >= 0.3 is 0 Å². The van der Waals surface area contributed by atoms with E-state index in [4.69, 9.17) is 11.6 Å². The van der Waals surface area contributed by atoms with Gasteiger partial charge in [0.1, 0.15) is 0 Å². The van der Waals surface area contributed by atoms with E-state index in [0.29, 0.717) is 0 Å². The Bertz CT molecular complexity index is 372. The minimum Gasteiger partial charge on any atom is -0.393 e. The fraction of sp³-hybridized carbons (Fsp3) is 0.500. The molecule has 1 aromatic carbocycles. The third-order valence-corrected chi connectivity index (χ3v) is 3.92. The molecule has 0 radical (unpaired) electrons. The highest BCUT2D eigenvalue weighted by Crippen LogP contribution is 2.25. The van der Waals surface area contributed by atoms with Gasteiger partial charge in [0.2, 0.25) is 0 Å². The molecule has 0 spiro atoms. The Hall–Kier alpha value is -0.0900. The van der Waals surface area contributed by atoms with Crippen LogP contribution in [0.2, 0.25) is 5.02 Å². The number of benzene rings is 1. The predicted octanol–water partition coefficient (Wildman–Crippen LogP) is 2.62. The summed E-state index contributed by atoms with van der Waals surface area (Å²) in [6.45, 7) is 1.77. The normalized spacial score (nSPS) is 25.7. The van der Waals surface area contributed by atoms with Crippen molar-refractivity contribution in [1.29, 1.82) is 0 Å². The van der Waals surface area contributed by atoms with Crippen LogP contribution in [0, 0.1) is 5.92 Å². The van der Waals surface area contributed by atoms with Crippen molar-refractivity contribution >= 4 is 27.5 Å². The largest absolute Gasteiger partial charge is 0.393 e. The van der Waals surface area contributed by atoms with Gasteiger partial charge in [-0.15, -0.1) is 0 Å². The number of hydrogen-bond acceptors (Lipinski definition) is 2. The van der Waals surface area contributed by atoms with Crippen molar-refractivity contribution in [2.45, 2.75) is 18.9 Å². The monoisotopic (exact) mass is 303 g/mol. The summed E-state index contributed by atoms with van der Waals surface area (Å²) in [5, 5.41) is 14.0. The lowest BCUT2D eigenvalue weighted by molar-refractivity contribution is 0.0791. The molecule has 0 unspecified atom stereocenters. The van der Waals surface area contributed by atoms with Crippen LogP contribution < -0.4 is 5.32 Å². The number of aliphatic hydroxyl groups excluding tert-OH is 1. The second-order valence-corrected chi connectivity index (χ2v) is 5.58. The minimum atomic E-state index is -0.212. The van der Waals surface area contributed by atoms with Crippen LogP contribution in [0.5, 0.6) is 0 Å². The molecule has 4 heteroatoms. The maximum absolute atomic E-state index is 9.90. The van der Waals surface area contributed by atoms with Gasteiger partial charge in [0.15, 0.2) is 0 Å². The van der Waals surface area contributed by atoms with E-state index in [0.717, 1.165) is 41.0 Å². The van der Waals surface area contributed by atoms with Gasteiger partial charge in [-0.2, -0.15) is 0 Å². The first kappa shape index (κ1) is 12.4. The molecule has 0 aromatic heterocycles. The van der Waals surface area contributed by atoms with E-state index in [2.05, 4.69) is 21.2 Å². The molecule has 88 valence electrons. The third-order valence-electron chi connectivity index (χ3n) is 3.06. The van der Waals surface area contributed by atoms with Gasteiger partial charge in [0.05, 0.1) is 6.10 Å². The molecule has 2 rings (SSSR count). The van der Waals surface area contributed by atoms with Crippen LogP contribution in [0.1, 0.15) is 12.0 Å². The molecule has 2 nitrogen and oxygen atoms in total. The Labute approximate surface area is 109 Å². The highest BCUT2D eigenvalue weighted by molar-refractivity contribution is 9.10. The lowest BCUT2D eigenvalue weighted by atomic mass is 9.90. The zero-order valence-corrected chi connectivity index (χ0v) is 11.3. The van der Waals surface area contributed by atoms with E-state index in [1.165, 1.54) is 0 Å². The highest BCUT2D eigenvalue weighted by atomic mass is 79.9. The Balaban J connectivity index is 2.10. The Morgan fingerprint density at radius 3 is 3.06 bits per heavy atom. The Morgan fingerprint density at radius 1 is 1.50 bits per heavy atom. The van der Waals surface area contributed by atoms with E-state index in [1.807, 2.05) is 18.2 Å². The van der Waals surface area contributed by atoms with Crippen molar-refractivity contribution in [3.63, 3.8) is 0 Å². The second-order valence-electron chi connectivity index (χ2n) is 4.26. The molecule has 0 amide bonds. The third kappa shape index (κ3) is 2.98. The van der Waals surface area contributed by atoms with Crippen molar-refractivity contribution in [1.82, 2.24) is 5.32 Å². The number of aliphatic hydroxyl groups is 1. The predicted molar refractivity (Wildman–Crippen MR) is 69.8 cm³/mol. The lowest BCUT2D eigenvalue weighted by Crippen LogP contribution is -2.40. The topological polar surface area (TPSA) is 32.3 Å². The molecule has 0 saturated carbocycles. The molecule has 1 fully saturated rings. The standard InChI is InChI=1S/C12H15BrClNO/c13-10-1-2-11(14)8(6-10)5-9-7-15-4-3-12(9)16/h1-2,6,9,12,15-16H,3-5,7H2/t9-,12+/m0/s1. The molecular weight excluding hydrogens is 289 g/mol. The zero-order valence-electron chi connectivity index (χ0n) is 8.92. The zero-order chi connectivity index (χ0) is 11.5. The number of nitrogens with one attached hydrogen (secondary N) is 1. The van der Waals surface area contributed by atoms with E-state index in [-0.39, 0.29) is 12.0 Å². The lowest BCUT2D eigenvalue weighted by Gasteiger charge is -2.28. The van der Waals surface area contributed by atoms with Gasteiger partial charge in [-0.1, -0.05) is 27.5 Å². The molecule has 0 bridgehead atoms. The molecule has 1 saturated heterocycles. The minimum absolute atomic E-state index is 0.212. The van der Waals surface area contributed by atoms with Crippen LogP contribution in [0.3, 0.4) is 0 Å². The summed E-state index contributed by atoms with van der Waals surface area (Å²) in [6, 6.07) is 5.86. The maximum atomic E-state index is 9.90. The van der Waals surface area contributed by atoms with Crippen LogP contribution >= 0.6 is 27.5 Å². The fourth-order valence-electron chi connectivity index (χ4n) is 2.10. The van der Waals surface area contributed by atoms with Gasteiger partial charge < -0.3 is 10.4 Å². The molecular formula is C12H15BrClNO. The number of hydrogen-bond donors (Lipinski definition) is 2. The molecule has 1 heterocycles. The summed E-state index contributed by atoms with van der Waals surface area (Å²) >= 11 is 9.58. The smallest absolute Gasteiger partial charge is 0.0595 e. The van der Waals surface area contributed by atoms with Crippen LogP contribution in [0.15, 0.2) is 22.7 Å². The summed E-state index contributed by atoms with van der Waals surface area (Å²) < 4.78 is 1.03. The highest BCUT2D eigenvalue weighted by Gasteiger charge is 2.23. The molecule has 2 atom stereocenters. The summed E-state index contributed by atoms with van der Waals surface area (Å²) in [5.41, 5.74) is 1.10. The van der Waals surface area contributed by atoms with Crippen LogP contribution in [-0.4, -0.2) is 24.3 Å². The van der Waals surface area contributed by atoms with Crippen molar-refractivity contribution in [3.8, 4) is 0 Å². The van der Waals surface area contributed by atoms with E-state index < -0.39 is 0 Å². The maximum Gasteiger partial charge on any atom is 0.0595 e. The Kier molecular flexibility index (Phi) is 4.25. The summed E-state index contributed by atoms with van der Waals surface area (Å²) in [7, 11) is 0. The van der Waals surface area contributed by atoms with Crippen molar-refractivity contribution in [3.05, 3.63) is 33.3 Å². The first-order valence-corrected chi connectivity index (χ1v) is 6.66. The van der Waals surface area contributed by atoms with Crippen LogP contribution in [-0.2, 0) is 6.42 Å². The van der Waals surface area contributed by atoms with Crippen molar-refractivity contribution < 1.29 is 5.11 Å². The van der Waals surface area contributed by atoms with Gasteiger partial charge in [0.25, 0.3) is 0 Å². The number of halogens is 2. The number of piperidine rings is 1. The van der Waals surface area contributed by atoms with E-state index in [9.17, 15) is 5.11 Å². The van der Waals surface area contributed by atoms with Gasteiger partial charge in [-0.3, -0.25) is 0 Å². The Morgan fingerprint density at radius 2 is 2.31 bits per heavy atom. The SMILES string of the molecule is O[C@@H]1CCNC[C@@H]1Cc1cc(Br)ccc1Cl. The average molecular weight is 305 g/mol. The first-order valence-electron chi connectivity index (χ1n) is 5.49. The molecule has 1 aliphatic heterocycles. The molecule has 16 heavy (non-hydrogen) atoms. The molecule has 1 aliphatic rings. The summed E-state index contributed by atoms with van der Waals surface area (Å²) in [5.74, 6) is 0.264. The van der Waals surface area contributed by atoms with Crippen molar-refractivity contribution in [2.75, 3.05) is 13.1 Å². The summed E-state index contributed by atoms with van der Waals surface area (Å²) in [4.78, 5) is 0. The number of rotatable bonds is 2. The van der Waals surface area contributed by atoms with Crippen LogP contribution in [0.25, 0.3) is 0 Å². The molecule has 1 aromatic rings. The average Bonchev–Trinajstić information content (AvgIpc) is 2.27. The quantitative estimate of drug-likeness (QED) is 0.880. The molecule has 2 N–H and O–H groups in total. The van der Waals surface area contributed by atoms with E-state index in [1.54, 1.807) is 0 Å². The van der Waals surface area contributed by atoms with Crippen LogP contribution in [0.4, 0.5) is 0 Å². The van der Waals surface area contributed by atoms with Gasteiger partial charge in [-0.25, -0.2) is 0 Å². The van der Waals surface area contributed by atoms with Gasteiger partial charge in [-0.05, 0) is 43.1 Å².